The number of fused-ring (bicyclic) bond motifs is 6. The molecule has 2 heterocycles. The summed E-state index contributed by atoms with van der Waals surface area (Å²) in [5.41, 5.74) is 10.3. The Morgan fingerprint density at radius 3 is 1.32 bits per heavy atom. The molecule has 0 atom stereocenters. The monoisotopic (exact) mass is 486 g/mol. The van der Waals surface area contributed by atoms with E-state index in [0.717, 1.165) is 71.7 Å². The average molecular weight is 487 g/mol. The van der Waals surface area contributed by atoms with Crippen molar-refractivity contribution < 1.29 is 8.83 Å². The van der Waals surface area contributed by atoms with Crippen LogP contribution in [0.1, 0.15) is 0 Å². The summed E-state index contributed by atoms with van der Waals surface area (Å²) in [5, 5.41) is 4.53. The molecule has 0 aliphatic carbocycles. The van der Waals surface area contributed by atoms with Crippen molar-refractivity contribution in [3.05, 3.63) is 133 Å². The smallest absolute Gasteiger partial charge is 0.143 e. The molecular weight excluding hydrogens is 464 g/mol. The quantitative estimate of drug-likeness (QED) is 0.248. The Hall–Kier alpha value is -5.08. The highest BCUT2D eigenvalue weighted by Crippen LogP contribution is 2.41. The Labute approximate surface area is 219 Å². The van der Waals surface area contributed by atoms with Crippen LogP contribution in [0.15, 0.2) is 142 Å². The maximum Gasteiger partial charge on any atom is 0.143 e. The third kappa shape index (κ3) is 3.21. The summed E-state index contributed by atoms with van der Waals surface area (Å²) in [6, 6.07) is 46.6. The maximum atomic E-state index is 6.42. The lowest BCUT2D eigenvalue weighted by Crippen LogP contribution is -1.87. The Morgan fingerprint density at radius 2 is 0.763 bits per heavy atom. The fraction of sp³-hybridized carbons (Fsp3) is 0. The van der Waals surface area contributed by atoms with Gasteiger partial charge in [0, 0.05) is 32.7 Å². The van der Waals surface area contributed by atoms with Gasteiger partial charge in [-0.05, 0) is 52.6 Å². The number of hydrogen-bond acceptors (Lipinski definition) is 2. The molecule has 0 N–H and O–H groups in total. The lowest BCUT2D eigenvalue weighted by molar-refractivity contribution is 0.670. The fourth-order valence-electron chi connectivity index (χ4n) is 5.68. The minimum Gasteiger partial charge on any atom is -0.455 e. The zero-order chi connectivity index (χ0) is 25.1. The SMILES string of the molecule is c1ccc(-c2cc(-c3cccc4c3oc3ccccc34)cc(-c3cccc4c3oc3ccccc34)c2)cc1. The lowest BCUT2D eigenvalue weighted by Gasteiger charge is -2.12. The van der Waals surface area contributed by atoms with Gasteiger partial charge in [0.1, 0.15) is 22.3 Å². The van der Waals surface area contributed by atoms with Crippen LogP contribution in [-0.4, -0.2) is 0 Å². The van der Waals surface area contributed by atoms with E-state index in [1.165, 1.54) is 5.56 Å². The normalized spacial score (nSPS) is 11.7. The number of rotatable bonds is 3. The number of furan rings is 2. The molecule has 0 spiro atoms. The van der Waals surface area contributed by atoms with E-state index in [9.17, 15) is 0 Å². The number of hydrogen-bond donors (Lipinski definition) is 0. The fourth-order valence-corrected chi connectivity index (χ4v) is 5.68. The molecule has 0 saturated carbocycles. The highest BCUT2D eigenvalue weighted by Gasteiger charge is 2.17. The third-order valence-electron chi connectivity index (χ3n) is 7.47. The van der Waals surface area contributed by atoms with Crippen LogP contribution in [0.4, 0.5) is 0 Å². The van der Waals surface area contributed by atoms with Crippen LogP contribution < -0.4 is 0 Å². The first kappa shape index (κ1) is 21.0. The first-order chi connectivity index (χ1) is 18.8. The van der Waals surface area contributed by atoms with Gasteiger partial charge in [-0.2, -0.15) is 0 Å². The topological polar surface area (TPSA) is 26.3 Å². The van der Waals surface area contributed by atoms with Crippen molar-refractivity contribution in [1.82, 2.24) is 0 Å². The van der Waals surface area contributed by atoms with Gasteiger partial charge in [-0.1, -0.05) is 103 Å². The largest absolute Gasteiger partial charge is 0.455 e. The second kappa shape index (κ2) is 8.22. The molecule has 0 amide bonds. The lowest BCUT2D eigenvalue weighted by atomic mass is 9.92. The molecule has 178 valence electrons. The molecule has 2 aromatic heterocycles. The summed E-state index contributed by atoms with van der Waals surface area (Å²) in [4.78, 5) is 0. The molecule has 8 aromatic rings. The van der Waals surface area contributed by atoms with Gasteiger partial charge in [0.2, 0.25) is 0 Å². The van der Waals surface area contributed by atoms with Gasteiger partial charge in [-0.25, -0.2) is 0 Å². The van der Waals surface area contributed by atoms with Crippen LogP contribution in [0, 0.1) is 0 Å². The van der Waals surface area contributed by atoms with Crippen LogP contribution in [0.2, 0.25) is 0 Å². The Bertz CT molecular complexity index is 1990. The van der Waals surface area contributed by atoms with Crippen molar-refractivity contribution in [1.29, 1.82) is 0 Å². The summed E-state index contributed by atoms with van der Waals surface area (Å²) >= 11 is 0. The summed E-state index contributed by atoms with van der Waals surface area (Å²) in [6.45, 7) is 0. The molecule has 8 rings (SSSR count). The standard InChI is InChI=1S/C36H22O2/c1-2-10-23(11-3-1)24-20-25(27-14-8-16-31-29-12-4-6-18-33(29)37-35(27)31)22-26(21-24)28-15-9-17-32-30-13-5-7-19-34(30)38-36(28)32/h1-22H. The molecule has 6 aromatic carbocycles. The molecule has 0 bridgehead atoms. The summed E-state index contributed by atoms with van der Waals surface area (Å²) in [6.07, 6.45) is 0. The summed E-state index contributed by atoms with van der Waals surface area (Å²) in [5.74, 6) is 0. The van der Waals surface area contributed by atoms with Gasteiger partial charge >= 0.3 is 0 Å². The molecule has 38 heavy (non-hydrogen) atoms. The Morgan fingerprint density at radius 1 is 0.316 bits per heavy atom. The molecule has 0 aliphatic rings. The molecule has 0 fully saturated rings. The van der Waals surface area contributed by atoms with Crippen molar-refractivity contribution in [2.75, 3.05) is 0 Å². The molecular formula is C36H22O2. The van der Waals surface area contributed by atoms with E-state index in [4.69, 9.17) is 8.83 Å². The zero-order valence-electron chi connectivity index (χ0n) is 20.5. The van der Waals surface area contributed by atoms with Gasteiger partial charge in [0.15, 0.2) is 0 Å². The predicted octanol–water partition coefficient (Wildman–Crippen LogP) is 10.5. The van der Waals surface area contributed by atoms with E-state index in [1.807, 2.05) is 24.3 Å². The van der Waals surface area contributed by atoms with Crippen LogP contribution >= 0.6 is 0 Å². The van der Waals surface area contributed by atoms with Crippen molar-refractivity contribution in [2.45, 2.75) is 0 Å². The van der Waals surface area contributed by atoms with Crippen LogP contribution in [0.3, 0.4) is 0 Å². The minimum atomic E-state index is 0.904. The first-order valence-corrected chi connectivity index (χ1v) is 12.9. The second-order valence-electron chi connectivity index (χ2n) is 9.73. The van der Waals surface area contributed by atoms with Crippen molar-refractivity contribution in [2.24, 2.45) is 0 Å². The highest BCUT2D eigenvalue weighted by molar-refractivity contribution is 6.11. The van der Waals surface area contributed by atoms with Crippen molar-refractivity contribution in [3.63, 3.8) is 0 Å². The van der Waals surface area contributed by atoms with Crippen molar-refractivity contribution in [3.8, 4) is 33.4 Å². The van der Waals surface area contributed by atoms with Gasteiger partial charge < -0.3 is 8.83 Å². The molecule has 2 nitrogen and oxygen atoms in total. The Balaban J connectivity index is 1.43. The van der Waals surface area contributed by atoms with Gasteiger partial charge in [0.05, 0.1) is 0 Å². The number of benzene rings is 6. The first-order valence-electron chi connectivity index (χ1n) is 12.9. The van der Waals surface area contributed by atoms with E-state index < -0.39 is 0 Å². The second-order valence-corrected chi connectivity index (χ2v) is 9.73. The van der Waals surface area contributed by atoms with Crippen molar-refractivity contribution >= 4 is 43.9 Å². The minimum absolute atomic E-state index is 0.904. The predicted molar refractivity (Wildman–Crippen MR) is 157 cm³/mol. The zero-order valence-corrected chi connectivity index (χ0v) is 20.5. The van der Waals surface area contributed by atoms with Crippen LogP contribution in [-0.2, 0) is 0 Å². The molecule has 0 saturated heterocycles. The molecule has 2 heteroatoms. The van der Waals surface area contributed by atoms with E-state index in [0.29, 0.717) is 0 Å². The third-order valence-corrected chi connectivity index (χ3v) is 7.47. The van der Waals surface area contributed by atoms with E-state index >= 15 is 0 Å². The van der Waals surface area contributed by atoms with Gasteiger partial charge in [0.25, 0.3) is 0 Å². The van der Waals surface area contributed by atoms with Gasteiger partial charge in [-0.3, -0.25) is 0 Å². The molecule has 0 aliphatic heterocycles. The highest BCUT2D eigenvalue weighted by atomic mass is 16.3. The molecule has 0 radical (unpaired) electrons. The number of para-hydroxylation sites is 4. The van der Waals surface area contributed by atoms with Crippen LogP contribution in [0.5, 0.6) is 0 Å². The molecule has 0 unspecified atom stereocenters. The van der Waals surface area contributed by atoms with E-state index in [1.54, 1.807) is 0 Å². The summed E-state index contributed by atoms with van der Waals surface area (Å²) < 4.78 is 12.8. The average Bonchev–Trinajstić information content (AvgIpc) is 3.56. The maximum absolute atomic E-state index is 6.42. The van der Waals surface area contributed by atoms with Gasteiger partial charge in [-0.15, -0.1) is 0 Å². The van der Waals surface area contributed by atoms with E-state index in [2.05, 4.69) is 109 Å². The van der Waals surface area contributed by atoms with Crippen LogP contribution in [0.25, 0.3) is 77.3 Å². The van der Waals surface area contributed by atoms with E-state index in [-0.39, 0.29) is 0 Å². The Kier molecular flexibility index (Phi) is 4.55. The summed E-state index contributed by atoms with van der Waals surface area (Å²) in [7, 11) is 0.